The van der Waals surface area contributed by atoms with Crippen molar-refractivity contribution in [3.8, 4) is 11.3 Å². The van der Waals surface area contributed by atoms with E-state index in [1.807, 2.05) is 24.3 Å². The quantitative estimate of drug-likeness (QED) is 0.532. The number of ether oxygens (including phenoxy) is 1. The Morgan fingerprint density at radius 2 is 1.78 bits per heavy atom. The number of fused-ring (bicyclic) bond motifs is 1. The normalized spacial score (nSPS) is 13.8. The van der Waals surface area contributed by atoms with E-state index in [1.165, 1.54) is 6.07 Å². The Morgan fingerprint density at radius 3 is 2.59 bits per heavy atom. The number of amides is 1. The van der Waals surface area contributed by atoms with Crippen LogP contribution in [0.4, 0.5) is 11.5 Å². The smallest absolute Gasteiger partial charge is 0.291 e. The van der Waals surface area contributed by atoms with Crippen molar-refractivity contribution in [2.24, 2.45) is 0 Å². The summed E-state index contributed by atoms with van der Waals surface area (Å²) in [6, 6.07) is 19.1. The van der Waals surface area contributed by atoms with Gasteiger partial charge in [-0.3, -0.25) is 9.59 Å². The summed E-state index contributed by atoms with van der Waals surface area (Å²) < 4.78 is 11.0. The predicted molar refractivity (Wildman–Crippen MR) is 121 cm³/mol. The van der Waals surface area contributed by atoms with Gasteiger partial charge in [-0.25, -0.2) is 0 Å². The fourth-order valence-corrected chi connectivity index (χ4v) is 3.61. The Bertz CT molecular complexity index is 1330. The minimum atomic E-state index is -0.501. The van der Waals surface area contributed by atoms with Crippen molar-refractivity contribution in [1.29, 1.82) is 0 Å². The lowest BCUT2D eigenvalue weighted by Gasteiger charge is -2.27. The molecule has 0 radical (unpaired) electrons. The van der Waals surface area contributed by atoms with Crippen molar-refractivity contribution < 1.29 is 13.9 Å². The molecular weight excluding hydrogens is 408 g/mol. The number of hydrogen-bond donors (Lipinski definition) is 1. The average Bonchev–Trinajstić information content (AvgIpc) is 2.85. The summed E-state index contributed by atoms with van der Waals surface area (Å²) >= 11 is 0. The molecule has 160 valence electrons. The van der Waals surface area contributed by atoms with Gasteiger partial charge in [0.15, 0.2) is 17.0 Å². The van der Waals surface area contributed by atoms with Crippen molar-refractivity contribution in [1.82, 2.24) is 10.2 Å². The fourth-order valence-electron chi connectivity index (χ4n) is 3.61. The number of para-hydroxylation sites is 1. The summed E-state index contributed by atoms with van der Waals surface area (Å²) in [6.45, 7) is 2.95. The number of hydrogen-bond acceptors (Lipinski definition) is 7. The van der Waals surface area contributed by atoms with Crippen molar-refractivity contribution in [2.75, 3.05) is 36.5 Å². The molecule has 2 aromatic carbocycles. The summed E-state index contributed by atoms with van der Waals surface area (Å²) in [6.07, 6.45) is 0. The standard InChI is InChI=1S/C24H20N4O4/c29-20-15-22(32-21-7-2-1-6-18(20)21)24(30)25-17-5-3-4-16(14-17)19-8-9-23(27-26-19)28-10-12-31-13-11-28/h1-9,14-15H,10-13H2,(H,25,30). The molecule has 8 nitrogen and oxygen atoms in total. The zero-order chi connectivity index (χ0) is 21.9. The molecule has 0 atom stereocenters. The first-order valence-corrected chi connectivity index (χ1v) is 10.3. The van der Waals surface area contributed by atoms with Crippen LogP contribution in [-0.2, 0) is 4.74 Å². The topological polar surface area (TPSA) is 97.6 Å². The van der Waals surface area contributed by atoms with Gasteiger partial charge in [0.25, 0.3) is 5.91 Å². The second-order valence-corrected chi connectivity index (χ2v) is 7.38. The van der Waals surface area contributed by atoms with Crippen LogP contribution in [0.15, 0.2) is 75.9 Å². The maximum Gasteiger partial charge on any atom is 0.291 e. The molecule has 0 saturated carbocycles. The molecule has 0 spiro atoms. The average molecular weight is 428 g/mol. The Morgan fingerprint density at radius 1 is 0.938 bits per heavy atom. The lowest BCUT2D eigenvalue weighted by Crippen LogP contribution is -2.36. The van der Waals surface area contributed by atoms with Crippen molar-refractivity contribution in [2.45, 2.75) is 0 Å². The van der Waals surface area contributed by atoms with Gasteiger partial charge in [0.1, 0.15) is 5.58 Å². The molecule has 1 aliphatic rings. The zero-order valence-electron chi connectivity index (χ0n) is 17.2. The highest BCUT2D eigenvalue weighted by Gasteiger charge is 2.15. The minimum Gasteiger partial charge on any atom is -0.451 e. The molecule has 2 aromatic heterocycles. The van der Waals surface area contributed by atoms with E-state index in [1.54, 1.807) is 36.4 Å². The number of carbonyl (C=O) groups excluding carboxylic acids is 1. The van der Waals surface area contributed by atoms with Gasteiger partial charge >= 0.3 is 0 Å². The molecule has 32 heavy (non-hydrogen) atoms. The molecule has 0 unspecified atom stereocenters. The zero-order valence-corrected chi connectivity index (χ0v) is 17.2. The third-order valence-electron chi connectivity index (χ3n) is 5.26. The minimum absolute atomic E-state index is 0.0474. The second-order valence-electron chi connectivity index (χ2n) is 7.38. The maximum absolute atomic E-state index is 12.7. The van der Waals surface area contributed by atoms with E-state index < -0.39 is 5.91 Å². The summed E-state index contributed by atoms with van der Waals surface area (Å²) in [5.74, 6) is 0.264. The van der Waals surface area contributed by atoms with Crippen LogP contribution < -0.4 is 15.6 Å². The first-order chi connectivity index (χ1) is 15.7. The molecule has 4 aromatic rings. The Labute approximate surface area is 183 Å². The van der Waals surface area contributed by atoms with Crippen molar-refractivity contribution in [3.63, 3.8) is 0 Å². The van der Waals surface area contributed by atoms with Crippen LogP contribution in [0.2, 0.25) is 0 Å². The lowest BCUT2D eigenvalue weighted by atomic mass is 10.1. The van der Waals surface area contributed by atoms with E-state index in [0.717, 1.165) is 24.5 Å². The van der Waals surface area contributed by atoms with Crippen LogP contribution in [0.25, 0.3) is 22.2 Å². The van der Waals surface area contributed by atoms with Gasteiger partial charge < -0.3 is 19.4 Å². The molecule has 5 rings (SSSR count). The highest BCUT2D eigenvalue weighted by atomic mass is 16.5. The molecule has 3 heterocycles. The fraction of sp³-hybridized carbons (Fsp3) is 0.167. The Balaban J connectivity index is 1.35. The largest absolute Gasteiger partial charge is 0.451 e. The lowest BCUT2D eigenvalue weighted by molar-refractivity contribution is 0.0997. The van der Waals surface area contributed by atoms with E-state index >= 15 is 0 Å². The van der Waals surface area contributed by atoms with Gasteiger partial charge in [-0.15, -0.1) is 10.2 Å². The number of aromatic nitrogens is 2. The summed E-state index contributed by atoms with van der Waals surface area (Å²) in [5, 5.41) is 11.9. The number of anilines is 2. The SMILES string of the molecule is O=C(Nc1cccc(-c2ccc(N3CCOCC3)nn2)c1)c1cc(=O)c2ccccc2o1. The second kappa shape index (κ2) is 8.60. The molecule has 1 amide bonds. The van der Waals surface area contributed by atoms with Crippen molar-refractivity contribution in [3.05, 3.63) is 82.7 Å². The predicted octanol–water partition coefficient (Wildman–Crippen LogP) is 3.34. The van der Waals surface area contributed by atoms with E-state index in [2.05, 4.69) is 20.4 Å². The third kappa shape index (κ3) is 4.08. The highest BCUT2D eigenvalue weighted by Crippen LogP contribution is 2.23. The molecule has 1 aliphatic heterocycles. The van der Waals surface area contributed by atoms with Gasteiger partial charge in [0.05, 0.1) is 24.3 Å². The van der Waals surface area contributed by atoms with E-state index in [0.29, 0.717) is 35.6 Å². The van der Waals surface area contributed by atoms with Gasteiger partial charge in [-0.05, 0) is 36.4 Å². The van der Waals surface area contributed by atoms with E-state index in [9.17, 15) is 9.59 Å². The molecule has 8 heteroatoms. The summed E-state index contributed by atoms with van der Waals surface area (Å²) in [7, 11) is 0. The molecule has 0 bridgehead atoms. The first-order valence-electron chi connectivity index (χ1n) is 10.3. The van der Waals surface area contributed by atoms with Crippen LogP contribution in [0.3, 0.4) is 0 Å². The van der Waals surface area contributed by atoms with Gasteiger partial charge in [-0.1, -0.05) is 24.3 Å². The number of carbonyl (C=O) groups is 1. The molecule has 1 N–H and O–H groups in total. The highest BCUT2D eigenvalue weighted by molar-refractivity contribution is 6.03. The summed E-state index contributed by atoms with van der Waals surface area (Å²) in [5.41, 5.74) is 2.16. The monoisotopic (exact) mass is 428 g/mol. The van der Waals surface area contributed by atoms with Gasteiger partial charge in [-0.2, -0.15) is 0 Å². The van der Waals surface area contributed by atoms with Gasteiger partial charge in [0.2, 0.25) is 0 Å². The van der Waals surface area contributed by atoms with Crippen LogP contribution in [-0.4, -0.2) is 42.4 Å². The van der Waals surface area contributed by atoms with Crippen LogP contribution in [0, 0.1) is 0 Å². The number of rotatable bonds is 4. The van der Waals surface area contributed by atoms with Crippen LogP contribution in [0.1, 0.15) is 10.6 Å². The Hall–Kier alpha value is -4.04. The van der Waals surface area contributed by atoms with Gasteiger partial charge in [0, 0.05) is 30.4 Å². The molecule has 0 aliphatic carbocycles. The Kier molecular flexibility index (Phi) is 5.35. The van der Waals surface area contributed by atoms with E-state index in [4.69, 9.17) is 9.15 Å². The molecular formula is C24H20N4O4. The van der Waals surface area contributed by atoms with E-state index in [-0.39, 0.29) is 11.2 Å². The number of morpholine rings is 1. The number of nitrogens with one attached hydrogen (secondary N) is 1. The summed E-state index contributed by atoms with van der Waals surface area (Å²) in [4.78, 5) is 27.1. The first kappa shape index (κ1) is 19.9. The maximum atomic E-state index is 12.7. The molecule has 1 fully saturated rings. The number of nitrogens with zero attached hydrogens (tertiary/aromatic N) is 3. The van der Waals surface area contributed by atoms with Crippen molar-refractivity contribution >= 4 is 28.4 Å². The molecule has 1 saturated heterocycles. The third-order valence-corrected chi connectivity index (χ3v) is 5.26. The van der Waals surface area contributed by atoms with Crippen LogP contribution >= 0.6 is 0 Å². The van der Waals surface area contributed by atoms with Crippen LogP contribution in [0.5, 0.6) is 0 Å². The number of benzene rings is 2.